The first-order valence-corrected chi connectivity index (χ1v) is 6.16. The van der Waals surface area contributed by atoms with E-state index < -0.39 is 0 Å². The largest absolute Gasteiger partial charge is 0.209 e. The molecule has 0 radical (unpaired) electrons. The first kappa shape index (κ1) is 9.54. The van der Waals surface area contributed by atoms with Gasteiger partial charge in [0.25, 0.3) is 0 Å². The van der Waals surface area contributed by atoms with E-state index in [1.54, 1.807) is 0 Å². The van der Waals surface area contributed by atoms with Crippen molar-refractivity contribution in [3.05, 3.63) is 31.8 Å². The molecule has 1 aromatic heterocycles. The molecule has 0 aliphatic rings. The second kappa shape index (κ2) is 4.02. The van der Waals surface area contributed by atoms with Gasteiger partial charge in [-0.1, -0.05) is 34.1 Å². The summed E-state index contributed by atoms with van der Waals surface area (Å²) in [5.74, 6) is 0.793. The topological polar surface area (TPSA) is 25.8 Å². The molecule has 0 saturated heterocycles. The number of rotatable bonds is 1. The summed E-state index contributed by atoms with van der Waals surface area (Å²) >= 11 is 7.05. The van der Waals surface area contributed by atoms with Crippen molar-refractivity contribution in [2.45, 2.75) is 0 Å². The zero-order chi connectivity index (χ0) is 9.26. The Bertz CT molecular complexity index is 430. The van der Waals surface area contributed by atoms with Gasteiger partial charge >= 0.3 is 0 Å². The Labute approximate surface area is 102 Å². The van der Waals surface area contributed by atoms with E-state index in [0.717, 1.165) is 18.9 Å². The summed E-state index contributed by atoms with van der Waals surface area (Å²) in [6.45, 7) is 0. The fourth-order valence-corrected chi connectivity index (χ4v) is 2.37. The van der Waals surface area contributed by atoms with Gasteiger partial charge in [-0.05, 0) is 40.2 Å². The van der Waals surface area contributed by atoms with E-state index in [1.165, 1.54) is 11.5 Å². The zero-order valence-corrected chi connectivity index (χ0v) is 10.9. The van der Waals surface area contributed by atoms with Crippen LogP contribution in [0.25, 0.3) is 11.4 Å². The quantitative estimate of drug-likeness (QED) is 0.721. The molecule has 2 aromatic rings. The van der Waals surface area contributed by atoms with Crippen molar-refractivity contribution in [3.63, 3.8) is 0 Å². The molecule has 0 atom stereocenters. The number of hydrogen-bond acceptors (Lipinski definition) is 3. The van der Waals surface area contributed by atoms with E-state index in [1.807, 2.05) is 24.3 Å². The van der Waals surface area contributed by atoms with Crippen molar-refractivity contribution in [1.82, 2.24) is 9.36 Å². The predicted octanol–water partition coefficient (Wildman–Crippen LogP) is 3.57. The van der Waals surface area contributed by atoms with Crippen LogP contribution in [0.2, 0.25) is 0 Å². The van der Waals surface area contributed by atoms with Gasteiger partial charge in [-0.15, -0.1) is 0 Å². The van der Waals surface area contributed by atoms with Crippen molar-refractivity contribution in [3.8, 4) is 11.4 Å². The molecule has 0 fully saturated rings. The Hall–Kier alpha value is -0.0100. The Morgan fingerprint density at radius 2 is 2.08 bits per heavy atom. The van der Waals surface area contributed by atoms with Gasteiger partial charge in [-0.3, -0.25) is 0 Å². The predicted molar refractivity (Wildman–Crippen MR) is 65.8 cm³/mol. The molecule has 0 saturated carbocycles. The lowest BCUT2D eigenvalue weighted by Crippen LogP contribution is -1.81. The van der Waals surface area contributed by atoms with Crippen molar-refractivity contribution in [2.75, 3.05) is 0 Å². The highest BCUT2D eigenvalue weighted by Crippen LogP contribution is 2.26. The summed E-state index contributed by atoms with van der Waals surface area (Å²) in [5, 5.41) is 0. The standard InChI is InChI=1S/C8H4BrIN2S/c9-6-4-2-1-3-5(6)7-11-8(10)13-12-7/h1-4H. The van der Waals surface area contributed by atoms with Crippen LogP contribution < -0.4 is 0 Å². The molecule has 0 bridgehead atoms. The van der Waals surface area contributed by atoms with Crippen LogP contribution in [0.3, 0.4) is 0 Å². The summed E-state index contributed by atoms with van der Waals surface area (Å²) in [6.07, 6.45) is 0. The first-order chi connectivity index (χ1) is 6.27. The maximum atomic E-state index is 4.31. The van der Waals surface area contributed by atoms with Crippen LogP contribution in [-0.4, -0.2) is 9.36 Å². The number of benzene rings is 1. The summed E-state index contributed by atoms with van der Waals surface area (Å²) in [5.41, 5.74) is 1.04. The second-order valence-corrected chi connectivity index (χ2v) is 5.71. The first-order valence-electron chi connectivity index (χ1n) is 3.51. The fraction of sp³-hybridized carbons (Fsp3) is 0. The van der Waals surface area contributed by atoms with Crippen molar-refractivity contribution in [2.24, 2.45) is 0 Å². The van der Waals surface area contributed by atoms with Gasteiger partial charge in [-0.25, -0.2) is 4.98 Å². The summed E-state index contributed by atoms with van der Waals surface area (Å²) in [7, 11) is 0. The number of aromatic nitrogens is 2. The second-order valence-electron chi connectivity index (χ2n) is 2.35. The Kier molecular flexibility index (Phi) is 2.95. The van der Waals surface area contributed by atoms with Gasteiger partial charge in [-0.2, -0.15) is 4.37 Å². The van der Waals surface area contributed by atoms with E-state index in [-0.39, 0.29) is 0 Å². The molecule has 0 aliphatic heterocycles. The molecule has 0 aliphatic carbocycles. The molecule has 2 rings (SSSR count). The molecule has 0 unspecified atom stereocenters. The SMILES string of the molecule is Brc1ccccc1-c1nsc(I)n1. The van der Waals surface area contributed by atoms with Gasteiger partial charge in [0, 0.05) is 10.0 Å². The number of halogens is 2. The molecule has 0 spiro atoms. The van der Waals surface area contributed by atoms with Crippen molar-refractivity contribution >= 4 is 50.1 Å². The minimum absolute atomic E-state index is 0.793. The van der Waals surface area contributed by atoms with E-state index in [4.69, 9.17) is 0 Å². The van der Waals surface area contributed by atoms with Gasteiger partial charge in [0.1, 0.15) is 0 Å². The van der Waals surface area contributed by atoms with Crippen molar-refractivity contribution in [1.29, 1.82) is 0 Å². The molecule has 2 nitrogen and oxygen atoms in total. The summed E-state index contributed by atoms with van der Waals surface area (Å²) < 4.78 is 6.23. The average molecular weight is 367 g/mol. The van der Waals surface area contributed by atoms with Crippen LogP contribution in [0.15, 0.2) is 28.7 Å². The molecule has 1 heterocycles. The third-order valence-corrected chi connectivity index (χ3v) is 3.55. The monoisotopic (exact) mass is 366 g/mol. The van der Waals surface area contributed by atoms with Crippen LogP contribution in [0.4, 0.5) is 0 Å². The molecule has 1 aromatic carbocycles. The Morgan fingerprint density at radius 3 is 2.69 bits per heavy atom. The third-order valence-electron chi connectivity index (χ3n) is 1.52. The number of nitrogens with zero attached hydrogens (tertiary/aromatic N) is 2. The lowest BCUT2D eigenvalue weighted by atomic mass is 10.2. The maximum Gasteiger partial charge on any atom is 0.175 e. The van der Waals surface area contributed by atoms with Gasteiger partial charge in [0.15, 0.2) is 8.84 Å². The van der Waals surface area contributed by atoms with E-state index in [9.17, 15) is 0 Å². The van der Waals surface area contributed by atoms with Crippen LogP contribution in [0.1, 0.15) is 0 Å². The summed E-state index contributed by atoms with van der Waals surface area (Å²) in [6, 6.07) is 7.95. The normalized spacial score (nSPS) is 10.3. The molecule has 5 heteroatoms. The Morgan fingerprint density at radius 1 is 1.31 bits per heavy atom. The maximum absolute atomic E-state index is 4.31. The Balaban J connectivity index is 2.52. The molecule has 66 valence electrons. The minimum atomic E-state index is 0.793. The van der Waals surface area contributed by atoms with E-state index in [0.29, 0.717) is 0 Å². The van der Waals surface area contributed by atoms with E-state index in [2.05, 4.69) is 47.9 Å². The van der Waals surface area contributed by atoms with Crippen molar-refractivity contribution < 1.29 is 0 Å². The molecule has 0 N–H and O–H groups in total. The van der Waals surface area contributed by atoms with Gasteiger partial charge in [0.05, 0.1) is 0 Å². The third kappa shape index (κ3) is 2.08. The average Bonchev–Trinajstić information content (AvgIpc) is 2.53. The number of hydrogen-bond donors (Lipinski definition) is 0. The highest BCUT2D eigenvalue weighted by atomic mass is 127. The molecular weight excluding hydrogens is 363 g/mol. The fourth-order valence-electron chi connectivity index (χ4n) is 0.957. The van der Waals surface area contributed by atoms with Crippen LogP contribution in [0.5, 0.6) is 0 Å². The highest BCUT2D eigenvalue weighted by molar-refractivity contribution is 14.1. The zero-order valence-electron chi connectivity index (χ0n) is 6.37. The molecule has 0 amide bonds. The van der Waals surface area contributed by atoms with Gasteiger partial charge < -0.3 is 0 Å². The van der Waals surface area contributed by atoms with E-state index >= 15 is 0 Å². The minimum Gasteiger partial charge on any atom is -0.209 e. The smallest absolute Gasteiger partial charge is 0.175 e. The molecular formula is C8H4BrIN2S. The highest BCUT2D eigenvalue weighted by Gasteiger charge is 2.06. The lowest BCUT2D eigenvalue weighted by Gasteiger charge is -1.96. The summed E-state index contributed by atoms with van der Waals surface area (Å²) in [4.78, 5) is 4.31. The lowest BCUT2D eigenvalue weighted by molar-refractivity contribution is 1.29. The van der Waals surface area contributed by atoms with Gasteiger partial charge in [0.2, 0.25) is 0 Å². The molecule has 13 heavy (non-hydrogen) atoms. The van der Waals surface area contributed by atoms with Crippen LogP contribution >= 0.6 is 50.1 Å². The van der Waals surface area contributed by atoms with Crippen LogP contribution in [0, 0.1) is 3.01 Å². The van der Waals surface area contributed by atoms with Crippen LogP contribution in [-0.2, 0) is 0 Å².